The molecule has 1 heterocycles. The minimum Gasteiger partial charge on any atom is -0.407 e. The molecule has 0 amide bonds. The minimum absolute atomic E-state index is 0.219. The van der Waals surface area contributed by atoms with Gasteiger partial charge in [0.15, 0.2) is 0 Å². The van der Waals surface area contributed by atoms with Crippen LogP contribution in [0.3, 0.4) is 0 Å². The number of hydrogen-bond donors (Lipinski definition) is 2. The predicted octanol–water partition coefficient (Wildman–Crippen LogP) is 2.61. The van der Waals surface area contributed by atoms with Gasteiger partial charge in [-0.15, -0.1) is 5.10 Å². The van der Waals surface area contributed by atoms with Crippen LogP contribution in [0.25, 0.3) is 0 Å². The molecule has 0 spiro atoms. The second-order valence-corrected chi connectivity index (χ2v) is 5.33. The zero-order chi connectivity index (χ0) is 15.1. The fourth-order valence-electron chi connectivity index (χ4n) is 1.87. The summed E-state index contributed by atoms with van der Waals surface area (Å²) in [6.45, 7) is 6.37. The lowest BCUT2D eigenvalue weighted by atomic mass is 10.1. The maximum atomic E-state index is 13.0. The number of hydrogen-bond acceptors (Lipinski definition) is 5. The van der Waals surface area contributed by atoms with E-state index in [9.17, 15) is 4.39 Å². The highest BCUT2D eigenvalue weighted by molar-refractivity contribution is 5.21. The Bertz CT molecular complexity index is 556. The van der Waals surface area contributed by atoms with E-state index in [-0.39, 0.29) is 5.82 Å². The highest BCUT2D eigenvalue weighted by atomic mass is 19.1. The molecule has 0 bridgehead atoms. The van der Waals surface area contributed by atoms with Crippen LogP contribution in [0.1, 0.15) is 25.3 Å². The number of nitrogens with zero attached hydrogens (tertiary/aromatic N) is 2. The molecule has 0 aliphatic carbocycles. The van der Waals surface area contributed by atoms with Crippen molar-refractivity contribution in [3.05, 3.63) is 41.5 Å². The molecule has 0 aliphatic rings. The van der Waals surface area contributed by atoms with E-state index in [0.29, 0.717) is 37.3 Å². The Balaban J connectivity index is 1.72. The zero-order valence-corrected chi connectivity index (χ0v) is 12.4. The fraction of sp³-hybridized carbons (Fsp3) is 0.467. The van der Waals surface area contributed by atoms with Gasteiger partial charge in [0.05, 0.1) is 6.54 Å². The van der Waals surface area contributed by atoms with Gasteiger partial charge in [-0.2, -0.15) is 0 Å². The van der Waals surface area contributed by atoms with Crippen LogP contribution in [0.2, 0.25) is 0 Å². The van der Waals surface area contributed by atoms with Gasteiger partial charge in [-0.1, -0.05) is 31.1 Å². The molecule has 1 aromatic carbocycles. The van der Waals surface area contributed by atoms with Crippen molar-refractivity contribution < 1.29 is 8.81 Å². The Hall–Kier alpha value is -1.95. The Morgan fingerprint density at radius 1 is 1.29 bits per heavy atom. The average Bonchev–Trinajstić information content (AvgIpc) is 2.86. The molecule has 0 aliphatic heterocycles. The molecule has 1 aromatic heterocycles. The van der Waals surface area contributed by atoms with Crippen LogP contribution in [-0.2, 0) is 13.0 Å². The summed E-state index contributed by atoms with van der Waals surface area (Å²) in [5, 5.41) is 14.2. The van der Waals surface area contributed by atoms with Crippen LogP contribution < -0.4 is 10.6 Å². The summed E-state index contributed by atoms with van der Waals surface area (Å²) in [6.07, 6.45) is 0.696. The summed E-state index contributed by atoms with van der Waals surface area (Å²) in [5.74, 6) is 0.921. The summed E-state index contributed by atoms with van der Waals surface area (Å²) < 4.78 is 18.5. The number of nitrogens with one attached hydrogen (secondary N) is 2. The number of benzene rings is 1. The van der Waals surface area contributed by atoms with E-state index >= 15 is 0 Å². The molecular weight excluding hydrogens is 271 g/mol. The number of rotatable bonds is 8. The smallest absolute Gasteiger partial charge is 0.315 e. The van der Waals surface area contributed by atoms with Gasteiger partial charge < -0.3 is 15.1 Å². The first-order chi connectivity index (χ1) is 10.1. The first-order valence-electron chi connectivity index (χ1n) is 7.15. The molecule has 0 fully saturated rings. The Labute approximate surface area is 124 Å². The molecule has 0 unspecified atom stereocenters. The molecule has 114 valence electrons. The van der Waals surface area contributed by atoms with Gasteiger partial charge in [0.25, 0.3) is 0 Å². The Morgan fingerprint density at radius 3 is 2.90 bits per heavy atom. The topological polar surface area (TPSA) is 63.0 Å². The second kappa shape index (κ2) is 7.73. The highest BCUT2D eigenvalue weighted by Crippen LogP contribution is 2.07. The summed E-state index contributed by atoms with van der Waals surface area (Å²) in [6, 6.07) is 6.95. The minimum atomic E-state index is -0.219. The molecule has 21 heavy (non-hydrogen) atoms. The summed E-state index contributed by atoms with van der Waals surface area (Å²) in [7, 11) is 0. The molecule has 2 N–H and O–H groups in total. The van der Waals surface area contributed by atoms with E-state index in [2.05, 4.69) is 34.7 Å². The number of aromatic nitrogens is 2. The first-order valence-corrected chi connectivity index (χ1v) is 7.15. The molecule has 5 nitrogen and oxygen atoms in total. The van der Waals surface area contributed by atoms with Crippen LogP contribution in [0, 0.1) is 11.7 Å². The van der Waals surface area contributed by atoms with Crippen molar-refractivity contribution >= 4 is 6.01 Å². The van der Waals surface area contributed by atoms with Crippen molar-refractivity contribution in [3.63, 3.8) is 0 Å². The monoisotopic (exact) mass is 292 g/mol. The van der Waals surface area contributed by atoms with Gasteiger partial charge >= 0.3 is 6.01 Å². The Morgan fingerprint density at radius 2 is 2.14 bits per heavy atom. The molecule has 0 radical (unpaired) electrons. The van der Waals surface area contributed by atoms with Gasteiger partial charge in [0.1, 0.15) is 5.82 Å². The van der Waals surface area contributed by atoms with Gasteiger partial charge in [-0.3, -0.25) is 0 Å². The standard InChI is InChI=1S/C15H21FN4O/c1-11(2)9-17-10-14-19-20-15(21-14)18-7-6-12-4-3-5-13(16)8-12/h3-5,8,11,17H,6-7,9-10H2,1-2H3,(H,18,20). The average molecular weight is 292 g/mol. The van der Waals surface area contributed by atoms with Crippen molar-refractivity contribution in [1.29, 1.82) is 0 Å². The molecule has 2 aromatic rings. The van der Waals surface area contributed by atoms with Crippen LogP contribution >= 0.6 is 0 Å². The summed E-state index contributed by atoms with van der Waals surface area (Å²) >= 11 is 0. The van der Waals surface area contributed by atoms with Crippen LogP contribution in [0.15, 0.2) is 28.7 Å². The van der Waals surface area contributed by atoms with Crippen LogP contribution in [-0.4, -0.2) is 23.3 Å². The number of anilines is 1. The Kier molecular flexibility index (Phi) is 5.68. The van der Waals surface area contributed by atoms with Crippen molar-refractivity contribution in [2.24, 2.45) is 5.92 Å². The number of halogens is 1. The van der Waals surface area contributed by atoms with E-state index in [1.54, 1.807) is 6.07 Å². The van der Waals surface area contributed by atoms with Crippen molar-refractivity contribution in [2.75, 3.05) is 18.4 Å². The maximum Gasteiger partial charge on any atom is 0.315 e. The SMILES string of the molecule is CC(C)CNCc1nnc(NCCc2cccc(F)c2)o1. The fourth-order valence-corrected chi connectivity index (χ4v) is 1.87. The lowest BCUT2D eigenvalue weighted by Crippen LogP contribution is -2.19. The normalized spacial score (nSPS) is 11.0. The van der Waals surface area contributed by atoms with Crippen molar-refractivity contribution in [1.82, 2.24) is 15.5 Å². The third-order valence-corrected chi connectivity index (χ3v) is 2.87. The molecule has 0 saturated carbocycles. The largest absolute Gasteiger partial charge is 0.407 e. The van der Waals surface area contributed by atoms with E-state index in [4.69, 9.17) is 4.42 Å². The third-order valence-electron chi connectivity index (χ3n) is 2.87. The molecule has 2 rings (SSSR count). The van der Waals surface area contributed by atoms with Gasteiger partial charge in [0.2, 0.25) is 5.89 Å². The summed E-state index contributed by atoms with van der Waals surface area (Å²) in [4.78, 5) is 0. The predicted molar refractivity (Wildman–Crippen MR) is 79.4 cm³/mol. The highest BCUT2D eigenvalue weighted by Gasteiger charge is 2.05. The quantitative estimate of drug-likeness (QED) is 0.783. The first kappa shape index (κ1) is 15.4. The van der Waals surface area contributed by atoms with Gasteiger partial charge in [-0.05, 0) is 36.6 Å². The van der Waals surface area contributed by atoms with Crippen LogP contribution in [0.5, 0.6) is 0 Å². The van der Waals surface area contributed by atoms with E-state index in [1.807, 2.05) is 6.07 Å². The lowest BCUT2D eigenvalue weighted by Gasteiger charge is -2.04. The van der Waals surface area contributed by atoms with E-state index < -0.39 is 0 Å². The van der Waals surface area contributed by atoms with Crippen LogP contribution in [0.4, 0.5) is 10.4 Å². The second-order valence-electron chi connectivity index (χ2n) is 5.33. The van der Waals surface area contributed by atoms with E-state index in [0.717, 1.165) is 12.1 Å². The van der Waals surface area contributed by atoms with Crippen molar-refractivity contribution in [3.8, 4) is 0 Å². The lowest BCUT2D eigenvalue weighted by molar-refractivity contribution is 0.458. The van der Waals surface area contributed by atoms with Gasteiger partial charge in [0, 0.05) is 6.54 Å². The van der Waals surface area contributed by atoms with E-state index in [1.165, 1.54) is 12.1 Å². The molecule has 0 atom stereocenters. The third kappa shape index (κ3) is 5.51. The summed E-state index contributed by atoms with van der Waals surface area (Å²) in [5.41, 5.74) is 0.931. The van der Waals surface area contributed by atoms with Crippen molar-refractivity contribution in [2.45, 2.75) is 26.8 Å². The van der Waals surface area contributed by atoms with Gasteiger partial charge in [-0.25, -0.2) is 4.39 Å². The zero-order valence-electron chi connectivity index (χ0n) is 12.4. The molecular formula is C15H21FN4O. The molecule has 6 heteroatoms. The molecule has 0 saturated heterocycles. The maximum absolute atomic E-state index is 13.0.